The summed E-state index contributed by atoms with van der Waals surface area (Å²) >= 11 is 5.78. The fourth-order valence-corrected chi connectivity index (χ4v) is 1.44. The lowest BCUT2D eigenvalue weighted by Crippen LogP contribution is -1.80. The molecule has 3 heteroatoms. The number of fused-ring (bicyclic) bond motifs is 1. The minimum Gasteiger partial charge on any atom is -0.172 e. The van der Waals surface area contributed by atoms with Crippen LogP contribution in [0.2, 0.25) is 0 Å². The van der Waals surface area contributed by atoms with Gasteiger partial charge in [-0.25, -0.2) is 0 Å². The average molecular weight is 167 g/mol. The lowest BCUT2D eigenvalue weighted by Gasteiger charge is -1.87. The van der Waals surface area contributed by atoms with Crippen LogP contribution < -0.4 is 0 Å². The first-order valence-corrected chi connectivity index (χ1v) is 3.73. The van der Waals surface area contributed by atoms with Crippen LogP contribution in [0.25, 0.3) is 10.9 Å². The van der Waals surface area contributed by atoms with Gasteiger partial charge in [-0.1, -0.05) is 18.2 Å². The van der Waals surface area contributed by atoms with E-state index in [1.165, 1.54) is 4.20 Å². The third kappa shape index (κ3) is 0.906. The zero-order valence-electron chi connectivity index (χ0n) is 6.08. The smallest absolute Gasteiger partial charge is 0.0874 e. The van der Waals surface area contributed by atoms with Crippen molar-refractivity contribution in [2.45, 2.75) is 6.92 Å². The van der Waals surface area contributed by atoms with Crippen molar-refractivity contribution in [2.24, 2.45) is 0 Å². The van der Waals surface area contributed by atoms with Gasteiger partial charge in [0.15, 0.2) is 0 Å². The van der Waals surface area contributed by atoms with Gasteiger partial charge >= 0.3 is 0 Å². The molecular weight excluding hydrogens is 160 g/mol. The molecule has 0 saturated heterocycles. The Balaban J connectivity index is 2.95. The van der Waals surface area contributed by atoms with Crippen LogP contribution in [0.4, 0.5) is 0 Å². The summed E-state index contributed by atoms with van der Waals surface area (Å²) in [5, 5.41) is 5.19. The number of hydrogen-bond acceptors (Lipinski definition) is 1. The molecule has 11 heavy (non-hydrogen) atoms. The van der Waals surface area contributed by atoms with Crippen molar-refractivity contribution in [1.82, 2.24) is 9.30 Å². The Morgan fingerprint density at radius 3 is 2.82 bits per heavy atom. The molecule has 0 amide bonds. The number of aryl methyl sites for hydroxylation is 1. The van der Waals surface area contributed by atoms with Gasteiger partial charge in [-0.3, -0.25) is 0 Å². The van der Waals surface area contributed by atoms with Crippen LogP contribution in [0.3, 0.4) is 0 Å². The van der Waals surface area contributed by atoms with Crippen LogP contribution in [-0.4, -0.2) is 9.30 Å². The quantitative estimate of drug-likeness (QED) is 0.588. The number of halogens is 1. The maximum absolute atomic E-state index is 5.78. The monoisotopic (exact) mass is 166 g/mol. The second-order valence-corrected chi connectivity index (χ2v) is 2.78. The third-order valence-corrected chi connectivity index (χ3v) is 1.99. The van der Waals surface area contributed by atoms with Crippen molar-refractivity contribution in [3.05, 3.63) is 30.0 Å². The van der Waals surface area contributed by atoms with Gasteiger partial charge in [0.2, 0.25) is 0 Å². The Kier molecular flexibility index (Phi) is 1.36. The number of nitrogens with zero attached hydrogens (tertiary/aromatic N) is 2. The van der Waals surface area contributed by atoms with Gasteiger partial charge in [-0.15, -0.1) is 0 Å². The Hall–Kier alpha value is -1.02. The molecule has 0 atom stereocenters. The first-order chi connectivity index (χ1) is 5.29. The topological polar surface area (TPSA) is 17.8 Å². The van der Waals surface area contributed by atoms with Crippen LogP contribution in [-0.2, 0) is 0 Å². The Bertz CT molecular complexity index is 356. The molecule has 2 nitrogen and oxygen atoms in total. The molecular formula is C8H7ClN2. The van der Waals surface area contributed by atoms with Crippen molar-refractivity contribution in [3.8, 4) is 0 Å². The molecule has 0 radical (unpaired) electrons. The summed E-state index contributed by atoms with van der Waals surface area (Å²) in [5.74, 6) is 0. The van der Waals surface area contributed by atoms with Crippen molar-refractivity contribution in [3.63, 3.8) is 0 Å². The predicted octanol–water partition coefficient (Wildman–Crippen LogP) is 2.35. The van der Waals surface area contributed by atoms with E-state index in [4.69, 9.17) is 11.8 Å². The van der Waals surface area contributed by atoms with E-state index in [1.54, 1.807) is 0 Å². The molecule has 0 aliphatic carbocycles. The first kappa shape index (κ1) is 6.68. The highest BCUT2D eigenvalue weighted by atomic mass is 35.5. The molecule has 0 aliphatic rings. The Morgan fingerprint density at radius 2 is 2.09 bits per heavy atom. The van der Waals surface area contributed by atoms with Gasteiger partial charge in [-0.05, 0) is 13.0 Å². The molecule has 0 spiro atoms. The summed E-state index contributed by atoms with van der Waals surface area (Å²) < 4.78 is 1.38. The summed E-state index contributed by atoms with van der Waals surface area (Å²) in [5.41, 5.74) is 1.93. The van der Waals surface area contributed by atoms with E-state index in [2.05, 4.69) is 5.10 Å². The number of rotatable bonds is 0. The normalized spacial score (nSPS) is 10.7. The van der Waals surface area contributed by atoms with E-state index in [0.29, 0.717) is 0 Å². The first-order valence-electron chi connectivity index (χ1n) is 3.39. The van der Waals surface area contributed by atoms with Crippen LogP contribution in [0.15, 0.2) is 24.3 Å². The molecule has 0 unspecified atom stereocenters. The van der Waals surface area contributed by atoms with Crippen molar-refractivity contribution < 1.29 is 0 Å². The van der Waals surface area contributed by atoms with E-state index in [1.807, 2.05) is 31.2 Å². The number of hydrogen-bond donors (Lipinski definition) is 0. The number of benzene rings is 1. The highest BCUT2D eigenvalue weighted by Gasteiger charge is 2.02. The van der Waals surface area contributed by atoms with Crippen LogP contribution >= 0.6 is 11.8 Å². The van der Waals surface area contributed by atoms with Gasteiger partial charge in [0, 0.05) is 17.2 Å². The van der Waals surface area contributed by atoms with Gasteiger partial charge in [0.1, 0.15) is 0 Å². The third-order valence-electron chi connectivity index (χ3n) is 1.73. The molecule has 56 valence electrons. The molecule has 2 rings (SSSR count). The lowest BCUT2D eigenvalue weighted by molar-refractivity contribution is 0.989. The van der Waals surface area contributed by atoms with E-state index in [9.17, 15) is 0 Å². The predicted molar refractivity (Wildman–Crippen MR) is 45.7 cm³/mol. The summed E-state index contributed by atoms with van der Waals surface area (Å²) in [6.45, 7) is 1.95. The second kappa shape index (κ2) is 2.24. The molecule has 1 aromatic carbocycles. The van der Waals surface area contributed by atoms with Crippen molar-refractivity contribution in [2.75, 3.05) is 0 Å². The van der Waals surface area contributed by atoms with Gasteiger partial charge in [0.05, 0.1) is 11.2 Å². The largest absolute Gasteiger partial charge is 0.172 e. The minimum atomic E-state index is 0.965. The summed E-state index contributed by atoms with van der Waals surface area (Å²) in [6.07, 6.45) is 0. The molecule has 1 heterocycles. The fourth-order valence-electron chi connectivity index (χ4n) is 1.18. The summed E-state index contributed by atoms with van der Waals surface area (Å²) in [6, 6.07) is 7.88. The average Bonchev–Trinajstić information content (AvgIpc) is 2.30. The minimum absolute atomic E-state index is 0.965. The zero-order chi connectivity index (χ0) is 7.84. The molecule has 2 aromatic rings. The maximum atomic E-state index is 5.78. The van der Waals surface area contributed by atoms with Crippen LogP contribution in [0.5, 0.6) is 0 Å². The maximum Gasteiger partial charge on any atom is 0.0874 e. The lowest BCUT2D eigenvalue weighted by atomic mass is 10.2. The Morgan fingerprint density at radius 1 is 1.36 bits per heavy atom. The summed E-state index contributed by atoms with van der Waals surface area (Å²) in [4.78, 5) is 0. The van der Waals surface area contributed by atoms with E-state index < -0.39 is 0 Å². The van der Waals surface area contributed by atoms with Crippen molar-refractivity contribution in [1.29, 1.82) is 0 Å². The molecule has 0 N–H and O–H groups in total. The molecule has 0 fully saturated rings. The van der Waals surface area contributed by atoms with Crippen LogP contribution in [0, 0.1) is 6.92 Å². The summed E-state index contributed by atoms with van der Waals surface area (Å²) in [7, 11) is 0. The standard InChI is InChI=1S/C8H7ClN2/c1-6-7-4-2-3-5-8(7)11(9)10-6/h2-5H,1H3. The van der Waals surface area contributed by atoms with E-state index in [-0.39, 0.29) is 0 Å². The number of para-hydroxylation sites is 1. The van der Waals surface area contributed by atoms with E-state index in [0.717, 1.165) is 16.6 Å². The molecule has 0 aliphatic heterocycles. The van der Waals surface area contributed by atoms with Gasteiger partial charge < -0.3 is 0 Å². The number of aromatic nitrogens is 2. The van der Waals surface area contributed by atoms with Gasteiger partial charge in [-0.2, -0.15) is 9.30 Å². The molecule has 0 bridgehead atoms. The van der Waals surface area contributed by atoms with Crippen LogP contribution in [0.1, 0.15) is 5.69 Å². The van der Waals surface area contributed by atoms with Crippen molar-refractivity contribution >= 4 is 22.7 Å². The highest BCUT2D eigenvalue weighted by Crippen LogP contribution is 2.17. The fraction of sp³-hybridized carbons (Fsp3) is 0.125. The SMILES string of the molecule is Cc1nn(Cl)c2ccccc12. The zero-order valence-corrected chi connectivity index (χ0v) is 6.84. The van der Waals surface area contributed by atoms with E-state index >= 15 is 0 Å². The Labute approximate surface area is 69.5 Å². The molecule has 1 aromatic heterocycles. The second-order valence-electron chi connectivity index (χ2n) is 2.46. The highest BCUT2D eigenvalue weighted by molar-refractivity contribution is 6.18. The molecule has 0 saturated carbocycles. The van der Waals surface area contributed by atoms with Gasteiger partial charge in [0.25, 0.3) is 0 Å².